The average Bonchev–Trinajstić information content (AvgIpc) is 3.21. The van der Waals surface area contributed by atoms with E-state index in [-0.39, 0.29) is 11.7 Å². The Morgan fingerprint density at radius 3 is 2.55 bits per heavy atom. The Balaban J connectivity index is 1.64. The summed E-state index contributed by atoms with van der Waals surface area (Å²) in [5.41, 5.74) is 5.49. The minimum Gasteiger partial charge on any atom is -0.493 e. The van der Waals surface area contributed by atoms with Crippen LogP contribution >= 0.6 is 11.8 Å². The minimum atomic E-state index is -0.216. The van der Waals surface area contributed by atoms with Crippen LogP contribution < -0.4 is 14.9 Å². The molecule has 1 N–H and O–H groups in total. The highest BCUT2D eigenvalue weighted by Gasteiger charge is 2.16. The molecule has 31 heavy (non-hydrogen) atoms. The van der Waals surface area contributed by atoms with Gasteiger partial charge in [0.1, 0.15) is 0 Å². The van der Waals surface area contributed by atoms with Crippen LogP contribution in [0.15, 0.2) is 52.7 Å². The molecule has 0 fully saturated rings. The molecule has 1 amide bonds. The highest BCUT2D eigenvalue weighted by atomic mass is 32.2. The normalized spacial score (nSPS) is 11.0. The van der Waals surface area contributed by atoms with E-state index in [1.807, 2.05) is 60.9 Å². The molecule has 3 rings (SSSR count). The van der Waals surface area contributed by atoms with Gasteiger partial charge in [0.25, 0.3) is 5.91 Å². The Morgan fingerprint density at radius 1 is 1.13 bits per heavy atom. The molecule has 0 spiro atoms. The van der Waals surface area contributed by atoms with Crippen LogP contribution in [0.1, 0.15) is 18.1 Å². The number of methoxy groups -OCH3 is 2. The number of nitrogens with zero attached hydrogens (tertiary/aromatic N) is 4. The second kappa shape index (κ2) is 10.6. The SMILES string of the molecule is CCn1c(SCC(=O)N/N=C/c2ccc(C)cc2)nnc1-c1ccc(OC)c(OC)c1. The summed E-state index contributed by atoms with van der Waals surface area (Å²) in [6.45, 7) is 4.68. The largest absolute Gasteiger partial charge is 0.493 e. The third-order valence-electron chi connectivity index (χ3n) is 4.49. The van der Waals surface area contributed by atoms with Gasteiger partial charge in [0.15, 0.2) is 22.5 Å². The molecule has 0 bridgehead atoms. The van der Waals surface area contributed by atoms with Gasteiger partial charge in [-0.3, -0.25) is 4.79 Å². The van der Waals surface area contributed by atoms with Gasteiger partial charge in [0.05, 0.1) is 26.2 Å². The van der Waals surface area contributed by atoms with Crippen molar-refractivity contribution in [2.45, 2.75) is 25.5 Å². The first-order valence-electron chi connectivity index (χ1n) is 9.72. The molecule has 3 aromatic rings. The van der Waals surface area contributed by atoms with Crippen molar-refractivity contribution in [3.63, 3.8) is 0 Å². The molecule has 0 unspecified atom stereocenters. The molecule has 0 atom stereocenters. The highest BCUT2D eigenvalue weighted by Crippen LogP contribution is 2.32. The van der Waals surface area contributed by atoms with Gasteiger partial charge >= 0.3 is 0 Å². The monoisotopic (exact) mass is 439 g/mol. The Kier molecular flexibility index (Phi) is 7.66. The van der Waals surface area contributed by atoms with Gasteiger partial charge < -0.3 is 14.0 Å². The number of hydrogen-bond donors (Lipinski definition) is 1. The van der Waals surface area contributed by atoms with Crippen LogP contribution in [0, 0.1) is 6.92 Å². The molecule has 162 valence electrons. The van der Waals surface area contributed by atoms with E-state index in [0.717, 1.165) is 11.1 Å². The molecular formula is C22H25N5O3S. The topological polar surface area (TPSA) is 90.6 Å². The predicted octanol–water partition coefficient (Wildman–Crippen LogP) is 3.53. The summed E-state index contributed by atoms with van der Waals surface area (Å²) in [5.74, 6) is 1.92. The highest BCUT2D eigenvalue weighted by molar-refractivity contribution is 7.99. The van der Waals surface area contributed by atoms with E-state index in [0.29, 0.717) is 29.0 Å². The average molecular weight is 440 g/mol. The summed E-state index contributed by atoms with van der Waals surface area (Å²) in [6.07, 6.45) is 1.62. The van der Waals surface area contributed by atoms with E-state index in [2.05, 4.69) is 20.7 Å². The quantitative estimate of drug-likeness (QED) is 0.312. The maximum atomic E-state index is 12.2. The lowest BCUT2D eigenvalue weighted by atomic mass is 10.2. The van der Waals surface area contributed by atoms with Crippen molar-refractivity contribution in [3.8, 4) is 22.9 Å². The predicted molar refractivity (Wildman–Crippen MR) is 122 cm³/mol. The maximum Gasteiger partial charge on any atom is 0.250 e. The van der Waals surface area contributed by atoms with Crippen LogP contribution in [0.5, 0.6) is 11.5 Å². The zero-order valence-electron chi connectivity index (χ0n) is 18.0. The van der Waals surface area contributed by atoms with E-state index in [4.69, 9.17) is 9.47 Å². The molecule has 0 radical (unpaired) electrons. The number of carbonyl (C=O) groups excluding carboxylic acids is 1. The number of benzene rings is 2. The van der Waals surface area contributed by atoms with Gasteiger partial charge in [0.2, 0.25) is 0 Å². The molecule has 0 saturated heterocycles. The third kappa shape index (κ3) is 5.64. The molecule has 0 aliphatic heterocycles. The first-order chi connectivity index (χ1) is 15.0. The van der Waals surface area contributed by atoms with Crippen molar-refractivity contribution >= 4 is 23.9 Å². The van der Waals surface area contributed by atoms with Crippen molar-refractivity contribution in [2.24, 2.45) is 5.10 Å². The van der Waals surface area contributed by atoms with Crippen molar-refractivity contribution < 1.29 is 14.3 Å². The van der Waals surface area contributed by atoms with Gasteiger partial charge in [-0.2, -0.15) is 5.10 Å². The summed E-state index contributed by atoms with van der Waals surface area (Å²) in [5, 5.41) is 13.2. The molecule has 8 nitrogen and oxygen atoms in total. The smallest absolute Gasteiger partial charge is 0.250 e. The number of amides is 1. The Bertz CT molecular complexity index is 1060. The fourth-order valence-electron chi connectivity index (χ4n) is 2.86. The molecule has 2 aromatic carbocycles. The number of thioether (sulfide) groups is 1. The zero-order chi connectivity index (χ0) is 22.2. The fourth-order valence-corrected chi connectivity index (χ4v) is 3.66. The number of rotatable bonds is 9. The summed E-state index contributed by atoms with van der Waals surface area (Å²) in [6, 6.07) is 13.5. The van der Waals surface area contributed by atoms with Crippen LogP contribution in [-0.2, 0) is 11.3 Å². The second-order valence-electron chi connectivity index (χ2n) is 6.61. The van der Waals surface area contributed by atoms with E-state index >= 15 is 0 Å². The molecular weight excluding hydrogens is 414 g/mol. The summed E-state index contributed by atoms with van der Waals surface area (Å²) < 4.78 is 12.6. The third-order valence-corrected chi connectivity index (χ3v) is 5.45. The molecule has 0 saturated carbocycles. The molecule has 0 aliphatic carbocycles. The van der Waals surface area contributed by atoms with Crippen molar-refractivity contribution in [3.05, 3.63) is 53.6 Å². The van der Waals surface area contributed by atoms with E-state index < -0.39 is 0 Å². The van der Waals surface area contributed by atoms with Crippen LogP contribution in [0.3, 0.4) is 0 Å². The lowest BCUT2D eigenvalue weighted by Gasteiger charge is -2.10. The van der Waals surface area contributed by atoms with Gasteiger partial charge in [-0.1, -0.05) is 41.6 Å². The zero-order valence-corrected chi connectivity index (χ0v) is 18.8. The Morgan fingerprint density at radius 2 is 1.87 bits per heavy atom. The van der Waals surface area contributed by atoms with Gasteiger partial charge in [-0.05, 0) is 37.6 Å². The molecule has 1 aromatic heterocycles. The Hall–Kier alpha value is -3.33. The Labute approximate surface area is 185 Å². The summed E-state index contributed by atoms with van der Waals surface area (Å²) >= 11 is 1.31. The first-order valence-corrected chi connectivity index (χ1v) is 10.7. The van der Waals surface area contributed by atoms with Gasteiger partial charge in [-0.15, -0.1) is 10.2 Å². The summed E-state index contributed by atoms with van der Waals surface area (Å²) in [4.78, 5) is 12.2. The van der Waals surface area contributed by atoms with Crippen molar-refractivity contribution in [1.29, 1.82) is 0 Å². The van der Waals surface area contributed by atoms with E-state index in [1.54, 1.807) is 20.4 Å². The van der Waals surface area contributed by atoms with E-state index in [9.17, 15) is 4.79 Å². The van der Waals surface area contributed by atoms with Crippen LogP contribution in [0.4, 0.5) is 0 Å². The van der Waals surface area contributed by atoms with Crippen molar-refractivity contribution in [2.75, 3.05) is 20.0 Å². The number of nitrogens with one attached hydrogen (secondary N) is 1. The number of aryl methyl sites for hydroxylation is 1. The van der Waals surface area contributed by atoms with E-state index in [1.165, 1.54) is 17.3 Å². The maximum absolute atomic E-state index is 12.2. The van der Waals surface area contributed by atoms with Crippen LogP contribution in [-0.4, -0.2) is 46.9 Å². The minimum absolute atomic E-state index is 0.176. The number of aromatic nitrogens is 3. The molecule has 0 aliphatic rings. The number of hydrogen-bond acceptors (Lipinski definition) is 7. The number of hydrazone groups is 1. The van der Waals surface area contributed by atoms with Gasteiger partial charge in [0, 0.05) is 12.1 Å². The second-order valence-corrected chi connectivity index (χ2v) is 7.56. The first kappa shape index (κ1) is 22.4. The van der Waals surface area contributed by atoms with Crippen molar-refractivity contribution in [1.82, 2.24) is 20.2 Å². The standard InChI is InChI=1S/C22H25N5O3S/c1-5-27-21(17-10-11-18(29-3)19(12-17)30-4)25-26-22(27)31-14-20(28)24-23-13-16-8-6-15(2)7-9-16/h6-13H,5,14H2,1-4H3,(H,24,28)/b23-13+. The van der Waals surface area contributed by atoms with Gasteiger partial charge in [-0.25, -0.2) is 5.43 Å². The van der Waals surface area contributed by atoms with Crippen LogP contribution in [0.2, 0.25) is 0 Å². The molecule has 9 heteroatoms. The lowest BCUT2D eigenvalue weighted by molar-refractivity contribution is -0.118. The van der Waals surface area contributed by atoms with Crippen LogP contribution in [0.25, 0.3) is 11.4 Å². The fraction of sp³-hybridized carbons (Fsp3) is 0.273. The summed E-state index contributed by atoms with van der Waals surface area (Å²) in [7, 11) is 3.18. The lowest BCUT2D eigenvalue weighted by Crippen LogP contribution is -2.20. The molecule has 1 heterocycles. The number of ether oxygens (including phenoxy) is 2. The number of carbonyl (C=O) groups is 1.